The molecule has 90 valence electrons. The first-order valence-electron chi connectivity index (χ1n) is 6.34. The van der Waals surface area contributed by atoms with Gasteiger partial charge in [-0.2, -0.15) is 5.10 Å². The van der Waals surface area contributed by atoms with Crippen molar-refractivity contribution in [3.63, 3.8) is 0 Å². The third kappa shape index (κ3) is 1.50. The number of hydrogen-bond acceptors (Lipinski definition) is 1. The lowest BCUT2D eigenvalue weighted by molar-refractivity contribution is 0.128. The second-order valence-corrected chi connectivity index (χ2v) is 6.59. The largest absolute Gasteiger partial charge is 0.269 e. The van der Waals surface area contributed by atoms with Gasteiger partial charge in [0, 0.05) is 17.7 Å². The van der Waals surface area contributed by atoms with E-state index in [-0.39, 0.29) is 5.41 Å². The highest BCUT2D eigenvalue weighted by atomic mass is 15.3. The van der Waals surface area contributed by atoms with Gasteiger partial charge < -0.3 is 0 Å². The summed E-state index contributed by atoms with van der Waals surface area (Å²) >= 11 is 0. The Kier molecular flexibility index (Phi) is 2.45. The monoisotopic (exact) mass is 220 g/mol. The van der Waals surface area contributed by atoms with Crippen LogP contribution in [0.15, 0.2) is 6.07 Å². The highest BCUT2D eigenvalue weighted by Crippen LogP contribution is 2.47. The molecule has 2 heteroatoms. The van der Waals surface area contributed by atoms with Crippen LogP contribution in [0.5, 0.6) is 0 Å². The van der Waals surface area contributed by atoms with Crippen LogP contribution < -0.4 is 0 Å². The van der Waals surface area contributed by atoms with Crippen molar-refractivity contribution in [3.8, 4) is 0 Å². The maximum Gasteiger partial charge on any atom is 0.0653 e. The van der Waals surface area contributed by atoms with Gasteiger partial charge >= 0.3 is 0 Å². The predicted molar refractivity (Wildman–Crippen MR) is 67.7 cm³/mol. The molecule has 1 aromatic rings. The Morgan fingerprint density at radius 2 is 1.88 bits per heavy atom. The van der Waals surface area contributed by atoms with Crippen molar-refractivity contribution in [1.29, 1.82) is 0 Å². The quantitative estimate of drug-likeness (QED) is 0.705. The van der Waals surface area contributed by atoms with E-state index in [2.05, 4.69) is 52.3 Å². The molecule has 0 radical (unpaired) electrons. The minimum Gasteiger partial charge on any atom is -0.269 e. The van der Waals surface area contributed by atoms with Gasteiger partial charge in [0.15, 0.2) is 0 Å². The topological polar surface area (TPSA) is 17.8 Å². The first-order valence-corrected chi connectivity index (χ1v) is 6.34. The summed E-state index contributed by atoms with van der Waals surface area (Å²) in [6, 6.07) is 2.31. The summed E-state index contributed by atoms with van der Waals surface area (Å²) in [6.45, 7) is 14.9. The van der Waals surface area contributed by atoms with Crippen LogP contribution in [-0.2, 0) is 12.0 Å². The summed E-state index contributed by atoms with van der Waals surface area (Å²) in [5.41, 5.74) is 3.22. The fourth-order valence-corrected chi connectivity index (χ4v) is 2.44. The van der Waals surface area contributed by atoms with Crippen LogP contribution in [0.3, 0.4) is 0 Å². The molecule has 2 heterocycles. The molecule has 0 saturated carbocycles. The van der Waals surface area contributed by atoms with E-state index in [1.165, 1.54) is 17.8 Å². The average Bonchev–Trinajstić information content (AvgIpc) is 2.57. The molecular formula is C14H24N2. The first kappa shape index (κ1) is 11.7. The van der Waals surface area contributed by atoms with Crippen LogP contribution in [0.25, 0.3) is 0 Å². The number of hydrogen-bond donors (Lipinski definition) is 0. The Balaban J connectivity index is 2.51. The van der Waals surface area contributed by atoms with Crippen molar-refractivity contribution in [1.82, 2.24) is 9.78 Å². The van der Waals surface area contributed by atoms with Crippen molar-refractivity contribution in [2.45, 2.75) is 65.8 Å². The minimum atomic E-state index is 0.214. The van der Waals surface area contributed by atoms with Crippen LogP contribution in [-0.4, -0.2) is 9.78 Å². The second-order valence-electron chi connectivity index (χ2n) is 6.59. The molecule has 0 unspecified atom stereocenters. The summed E-state index contributed by atoms with van der Waals surface area (Å²) in [6.07, 6.45) is 1.21. The lowest BCUT2D eigenvalue weighted by Gasteiger charge is -2.45. The van der Waals surface area contributed by atoms with Gasteiger partial charge in [-0.25, -0.2) is 0 Å². The van der Waals surface area contributed by atoms with Crippen molar-refractivity contribution < 1.29 is 0 Å². The van der Waals surface area contributed by atoms with E-state index in [0.717, 1.165) is 6.54 Å². The Morgan fingerprint density at radius 3 is 2.44 bits per heavy atom. The summed E-state index contributed by atoms with van der Waals surface area (Å²) in [5.74, 6) is 0.525. The zero-order valence-electron chi connectivity index (χ0n) is 11.5. The van der Waals surface area contributed by atoms with Crippen LogP contribution in [0.2, 0.25) is 0 Å². The fourth-order valence-electron chi connectivity index (χ4n) is 2.44. The van der Waals surface area contributed by atoms with Gasteiger partial charge in [-0.15, -0.1) is 0 Å². The molecule has 0 bridgehead atoms. The Hall–Kier alpha value is -0.790. The predicted octanol–water partition coefficient (Wildman–Crippen LogP) is 3.71. The SMILES string of the molecule is CC(C)c1cc2n(n1)CCC(C)(C)C2(C)C. The maximum atomic E-state index is 4.73. The molecule has 0 fully saturated rings. The Morgan fingerprint density at radius 1 is 1.25 bits per heavy atom. The van der Waals surface area contributed by atoms with Gasteiger partial charge in [-0.1, -0.05) is 41.5 Å². The molecule has 1 aliphatic rings. The third-order valence-electron chi connectivity index (χ3n) is 4.67. The van der Waals surface area contributed by atoms with Crippen LogP contribution in [0.4, 0.5) is 0 Å². The lowest BCUT2D eigenvalue weighted by atomic mass is 9.62. The van der Waals surface area contributed by atoms with E-state index in [1.807, 2.05) is 0 Å². The molecule has 0 atom stereocenters. The van der Waals surface area contributed by atoms with Gasteiger partial charge in [-0.05, 0) is 23.8 Å². The average molecular weight is 220 g/mol. The van der Waals surface area contributed by atoms with E-state index in [1.54, 1.807) is 0 Å². The number of aromatic nitrogens is 2. The standard InChI is InChI=1S/C14H24N2/c1-10(2)11-9-12-14(5,6)13(3,4)7-8-16(12)15-11/h9-10H,7-8H2,1-6H3. The first-order chi connectivity index (χ1) is 7.25. The number of nitrogens with zero attached hydrogens (tertiary/aromatic N) is 2. The molecule has 1 aliphatic heterocycles. The molecule has 0 N–H and O–H groups in total. The molecular weight excluding hydrogens is 196 g/mol. The van der Waals surface area contributed by atoms with Gasteiger partial charge in [-0.3, -0.25) is 4.68 Å². The normalized spacial score (nSPS) is 22.2. The summed E-state index contributed by atoms with van der Waals surface area (Å²) < 4.78 is 2.22. The molecule has 0 amide bonds. The lowest BCUT2D eigenvalue weighted by Crippen LogP contribution is -2.43. The smallest absolute Gasteiger partial charge is 0.0653 e. The van der Waals surface area contributed by atoms with Gasteiger partial charge in [0.2, 0.25) is 0 Å². The molecule has 0 spiro atoms. The Labute approximate surface area is 99.0 Å². The molecule has 2 rings (SSSR count). The molecule has 0 saturated heterocycles. The van der Waals surface area contributed by atoms with E-state index in [4.69, 9.17) is 5.10 Å². The second kappa shape index (κ2) is 3.35. The maximum absolute atomic E-state index is 4.73. The van der Waals surface area contributed by atoms with Crippen LogP contribution in [0.1, 0.15) is 65.3 Å². The third-order valence-corrected chi connectivity index (χ3v) is 4.67. The van der Waals surface area contributed by atoms with Crippen molar-refractivity contribution >= 4 is 0 Å². The van der Waals surface area contributed by atoms with E-state index < -0.39 is 0 Å². The molecule has 0 aliphatic carbocycles. The number of aryl methyl sites for hydroxylation is 1. The minimum absolute atomic E-state index is 0.214. The van der Waals surface area contributed by atoms with Crippen molar-refractivity contribution in [2.75, 3.05) is 0 Å². The van der Waals surface area contributed by atoms with Crippen LogP contribution >= 0.6 is 0 Å². The van der Waals surface area contributed by atoms with E-state index >= 15 is 0 Å². The molecule has 1 aromatic heterocycles. The fraction of sp³-hybridized carbons (Fsp3) is 0.786. The number of rotatable bonds is 1. The summed E-state index contributed by atoms with van der Waals surface area (Å²) in [4.78, 5) is 0. The van der Waals surface area contributed by atoms with Crippen molar-refractivity contribution in [3.05, 3.63) is 17.5 Å². The summed E-state index contributed by atoms with van der Waals surface area (Å²) in [5, 5.41) is 4.73. The number of fused-ring (bicyclic) bond motifs is 1. The van der Waals surface area contributed by atoms with Crippen molar-refractivity contribution in [2.24, 2.45) is 5.41 Å². The molecule has 16 heavy (non-hydrogen) atoms. The zero-order valence-corrected chi connectivity index (χ0v) is 11.5. The van der Waals surface area contributed by atoms with Gasteiger partial charge in [0.1, 0.15) is 0 Å². The van der Waals surface area contributed by atoms with E-state index in [9.17, 15) is 0 Å². The molecule has 0 aromatic carbocycles. The Bertz CT molecular complexity index is 397. The van der Waals surface area contributed by atoms with Gasteiger partial charge in [0.05, 0.1) is 5.69 Å². The van der Waals surface area contributed by atoms with Gasteiger partial charge in [0.25, 0.3) is 0 Å². The van der Waals surface area contributed by atoms with Crippen LogP contribution in [0, 0.1) is 5.41 Å². The highest BCUT2D eigenvalue weighted by molar-refractivity contribution is 5.25. The summed E-state index contributed by atoms with van der Waals surface area (Å²) in [7, 11) is 0. The molecule has 2 nitrogen and oxygen atoms in total. The zero-order chi connectivity index (χ0) is 12.1. The van der Waals surface area contributed by atoms with E-state index in [0.29, 0.717) is 11.3 Å². The highest BCUT2D eigenvalue weighted by Gasteiger charge is 2.43.